The highest BCUT2D eigenvalue weighted by molar-refractivity contribution is 6.21. The highest BCUT2D eigenvalue weighted by atomic mass is 14.7. The van der Waals surface area contributed by atoms with Gasteiger partial charge in [-0.1, -0.05) is 103 Å². The third-order valence-electron chi connectivity index (χ3n) is 5.88. The van der Waals surface area contributed by atoms with Gasteiger partial charge in [0.05, 0.1) is 5.69 Å². The van der Waals surface area contributed by atoms with Crippen LogP contribution in [0.2, 0.25) is 0 Å². The lowest BCUT2D eigenvalue weighted by atomic mass is 9.87. The van der Waals surface area contributed by atoms with E-state index in [0.717, 1.165) is 11.1 Å². The first-order chi connectivity index (χ1) is 14.9. The monoisotopic (exact) mass is 381 g/mol. The molecule has 6 aromatic rings. The summed E-state index contributed by atoms with van der Waals surface area (Å²) in [4.78, 5) is 4.88. The molecule has 0 saturated heterocycles. The normalized spacial score (nSPS) is 11.3. The summed E-state index contributed by atoms with van der Waals surface area (Å²) >= 11 is 0. The fraction of sp³-hybridized carbons (Fsp3) is 0. The standard InChI is InChI=1S/C29H19N/c1-2-10-20(11-3-1)28-23-14-6-8-16-25(23)29(26-17-9-7-15-24(26)28)27-18-21-12-4-5-13-22(21)19-30-27/h1-19H. The van der Waals surface area contributed by atoms with E-state index < -0.39 is 0 Å². The molecule has 0 unspecified atom stereocenters. The van der Waals surface area contributed by atoms with Gasteiger partial charge >= 0.3 is 0 Å². The Morgan fingerprint density at radius 3 is 1.57 bits per heavy atom. The summed E-state index contributed by atoms with van der Waals surface area (Å²) in [6, 6.07) is 38.7. The molecule has 0 amide bonds. The Balaban J connectivity index is 1.79. The van der Waals surface area contributed by atoms with Gasteiger partial charge in [0, 0.05) is 17.1 Å². The van der Waals surface area contributed by atoms with E-state index in [1.54, 1.807) is 0 Å². The number of hydrogen-bond donors (Lipinski definition) is 0. The first-order valence-corrected chi connectivity index (χ1v) is 10.2. The van der Waals surface area contributed by atoms with E-state index in [1.807, 2.05) is 6.20 Å². The maximum Gasteiger partial charge on any atom is 0.0720 e. The second-order valence-electron chi connectivity index (χ2n) is 7.62. The predicted molar refractivity (Wildman–Crippen MR) is 128 cm³/mol. The number of benzene rings is 5. The predicted octanol–water partition coefficient (Wildman–Crippen LogP) is 7.88. The first-order valence-electron chi connectivity index (χ1n) is 10.2. The largest absolute Gasteiger partial charge is 0.256 e. The zero-order valence-electron chi connectivity index (χ0n) is 16.4. The van der Waals surface area contributed by atoms with E-state index in [4.69, 9.17) is 4.98 Å². The van der Waals surface area contributed by atoms with E-state index in [-0.39, 0.29) is 0 Å². The lowest BCUT2D eigenvalue weighted by Crippen LogP contribution is -1.92. The molecule has 0 spiro atoms. The van der Waals surface area contributed by atoms with E-state index in [2.05, 4.69) is 109 Å². The molecule has 5 aromatic carbocycles. The molecular formula is C29H19N. The minimum absolute atomic E-state index is 1.01. The van der Waals surface area contributed by atoms with Crippen molar-refractivity contribution < 1.29 is 0 Å². The summed E-state index contributed by atoms with van der Waals surface area (Å²) < 4.78 is 0. The SMILES string of the molecule is c1ccc(-c2c3ccccc3c(-c3cc4ccccc4cn3)c3ccccc23)cc1. The molecular weight excluding hydrogens is 362 g/mol. The molecule has 0 N–H and O–H groups in total. The third kappa shape index (κ3) is 2.60. The van der Waals surface area contributed by atoms with Crippen molar-refractivity contribution in [3.63, 3.8) is 0 Å². The van der Waals surface area contributed by atoms with Crippen molar-refractivity contribution in [2.45, 2.75) is 0 Å². The Bertz CT molecular complexity index is 1470. The van der Waals surface area contributed by atoms with Crippen LogP contribution < -0.4 is 0 Å². The van der Waals surface area contributed by atoms with Crippen molar-refractivity contribution in [2.24, 2.45) is 0 Å². The minimum Gasteiger partial charge on any atom is -0.256 e. The summed E-state index contributed by atoms with van der Waals surface area (Å²) in [5.41, 5.74) is 4.74. The summed E-state index contributed by atoms with van der Waals surface area (Å²) in [6.07, 6.45) is 1.99. The van der Waals surface area contributed by atoms with Gasteiger partial charge in [0.1, 0.15) is 0 Å². The van der Waals surface area contributed by atoms with Crippen LogP contribution >= 0.6 is 0 Å². The van der Waals surface area contributed by atoms with Crippen molar-refractivity contribution in [1.82, 2.24) is 4.98 Å². The molecule has 0 atom stereocenters. The zero-order chi connectivity index (χ0) is 19.9. The van der Waals surface area contributed by atoms with Gasteiger partial charge in [-0.25, -0.2) is 0 Å². The van der Waals surface area contributed by atoms with Crippen molar-refractivity contribution in [3.05, 3.63) is 115 Å². The van der Waals surface area contributed by atoms with Crippen LogP contribution in [-0.4, -0.2) is 4.98 Å². The number of rotatable bonds is 2. The molecule has 30 heavy (non-hydrogen) atoms. The lowest BCUT2D eigenvalue weighted by molar-refractivity contribution is 1.37. The van der Waals surface area contributed by atoms with Crippen LogP contribution in [0.5, 0.6) is 0 Å². The van der Waals surface area contributed by atoms with E-state index >= 15 is 0 Å². The Kier molecular flexibility index (Phi) is 3.85. The highest BCUT2D eigenvalue weighted by Gasteiger charge is 2.16. The smallest absolute Gasteiger partial charge is 0.0720 e. The number of pyridine rings is 1. The topological polar surface area (TPSA) is 12.9 Å². The van der Waals surface area contributed by atoms with Gasteiger partial charge in [-0.2, -0.15) is 0 Å². The molecule has 0 saturated carbocycles. The minimum atomic E-state index is 1.01. The van der Waals surface area contributed by atoms with Gasteiger partial charge in [-0.15, -0.1) is 0 Å². The van der Waals surface area contributed by atoms with Gasteiger partial charge in [0.25, 0.3) is 0 Å². The van der Waals surface area contributed by atoms with Crippen molar-refractivity contribution in [2.75, 3.05) is 0 Å². The fourth-order valence-electron chi connectivity index (χ4n) is 4.54. The molecule has 0 aliphatic rings. The van der Waals surface area contributed by atoms with Crippen LogP contribution in [0.3, 0.4) is 0 Å². The van der Waals surface area contributed by atoms with E-state index in [9.17, 15) is 0 Å². The zero-order valence-corrected chi connectivity index (χ0v) is 16.4. The number of aromatic nitrogens is 1. The van der Waals surface area contributed by atoms with Crippen LogP contribution in [0, 0.1) is 0 Å². The summed E-state index contributed by atoms with van der Waals surface area (Å²) in [7, 11) is 0. The molecule has 0 aliphatic carbocycles. The number of hydrogen-bond acceptors (Lipinski definition) is 1. The third-order valence-corrected chi connectivity index (χ3v) is 5.88. The van der Waals surface area contributed by atoms with E-state index in [1.165, 1.54) is 43.6 Å². The molecule has 0 fully saturated rings. The van der Waals surface area contributed by atoms with Crippen molar-refractivity contribution in [3.8, 4) is 22.4 Å². The molecule has 1 nitrogen and oxygen atoms in total. The average Bonchev–Trinajstić information content (AvgIpc) is 2.82. The van der Waals surface area contributed by atoms with Crippen molar-refractivity contribution >= 4 is 32.3 Å². The molecule has 1 heterocycles. The second-order valence-corrected chi connectivity index (χ2v) is 7.62. The maximum atomic E-state index is 4.88. The van der Waals surface area contributed by atoms with Crippen LogP contribution in [-0.2, 0) is 0 Å². The Hall–Kier alpha value is -3.97. The molecule has 0 bridgehead atoms. The summed E-state index contributed by atoms with van der Waals surface area (Å²) in [6.45, 7) is 0. The molecule has 1 aromatic heterocycles. The van der Waals surface area contributed by atoms with Gasteiger partial charge in [0.2, 0.25) is 0 Å². The molecule has 1 heteroatoms. The lowest BCUT2D eigenvalue weighted by Gasteiger charge is -2.17. The number of fused-ring (bicyclic) bond motifs is 3. The summed E-state index contributed by atoms with van der Waals surface area (Å²) in [5, 5.41) is 7.36. The molecule has 0 aliphatic heterocycles. The Labute approximate surface area is 175 Å². The first kappa shape index (κ1) is 16.9. The van der Waals surface area contributed by atoms with Crippen molar-refractivity contribution in [1.29, 1.82) is 0 Å². The van der Waals surface area contributed by atoms with Gasteiger partial charge in [-0.3, -0.25) is 4.98 Å². The van der Waals surface area contributed by atoms with Crippen LogP contribution in [0.4, 0.5) is 0 Å². The number of nitrogens with zero attached hydrogens (tertiary/aromatic N) is 1. The molecule has 140 valence electrons. The quantitative estimate of drug-likeness (QED) is 0.278. The van der Waals surface area contributed by atoms with Gasteiger partial charge in [-0.05, 0) is 44.1 Å². The van der Waals surface area contributed by atoms with Crippen LogP contribution in [0.25, 0.3) is 54.7 Å². The van der Waals surface area contributed by atoms with Crippen LogP contribution in [0.15, 0.2) is 115 Å². The maximum absolute atomic E-state index is 4.88. The van der Waals surface area contributed by atoms with Gasteiger partial charge in [0.15, 0.2) is 0 Å². The molecule has 6 rings (SSSR count). The van der Waals surface area contributed by atoms with Gasteiger partial charge < -0.3 is 0 Å². The average molecular weight is 381 g/mol. The van der Waals surface area contributed by atoms with Crippen LogP contribution in [0.1, 0.15) is 0 Å². The summed E-state index contributed by atoms with van der Waals surface area (Å²) in [5.74, 6) is 0. The Morgan fingerprint density at radius 1 is 0.433 bits per heavy atom. The Morgan fingerprint density at radius 2 is 0.933 bits per heavy atom. The second kappa shape index (κ2) is 6.82. The molecule has 0 radical (unpaired) electrons. The van der Waals surface area contributed by atoms with E-state index in [0.29, 0.717) is 0 Å². The fourth-order valence-corrected chi connectivity index (χ4v) is 4.54. The highest BCUT2D eigenvalue weighted by Crippen LogP contribution is 2.43.